The van der Waals surface area contributed by atoms with Gasteiger partial charge < -0.3 is 10.0 Å². The Morgan fingerprint density at radius 1 is 1.41 bits per heavy atom. The molecule has 1 fully saturated rings. The van der Waals surface area contributed by atoms with E-state index >= 15 is 0 Å². The topological polar surface area (TPSA) is 69.2 Å². The third-order valence-corrected chi connectivity index (χ3v) is 4.21. The number of amides is 1. The lowest BCUT2D eigenvalue weighted by Gasteiger charge is -2.34. The molecule has 3 rings (SSSR count). The van der Waals surface area contributed by atoms with Crippen LogP contribution in [0.2, 0.25) is 0 Å². The van der Waals surface area contributed by atoms with Gasteiger partial charge in [0.2, 0.25) is 0 Å². The largest absolute Gasteiger partial charge is 0.391 e. The van der Waals surface area contributed by atoms with E-state index in [2.05, 4.69) is 10.2 Å². The number of nitrogens with one attached hydrogen (secondary N) is 1. The lowest BCUT2D eigenvalue weighted by molar-refractivity contribution is 0.0249. The number of hydrogen-bond donors (Lipinski definition) is 2. The minimum absolute atomic E-state index is 0.168. The Hall–Kier alpha value is -2.21. The van der Waals surface area contributed by atoms with Crippen LogP contribution in [0.15, 0.2) is 30.5 Å². The maximum Gasteiger partial charge on any atom is 0.257 e. The highest BCUT2D eigenvalue weighted by Gasteiger charge is 2.29. The zero-order chi connectivity index (χ0) is 15.7. The summed E-state index contributed by atoms with van der Waals surface area (Å²) >= 11 is 0. The summed E-state index contributed by atoms with van der Waals surface area (Å²) in [4.78, 5) is 14.3. The van der Waals surface area contributed by atoms with E-state index in [1.807, 2.05) is 6.92 Å². The van der Waals surface area contributed by atoms with Crippen LogP contribution >= 0.6 is 0 Å². The van der Waals surface area contributed by atoms with Gasteiger partial charge in [-0.2, -0.15) is 5.10 Å². The smallest absolute Gasteiger partial charge is 0.257 e. The van der Waals surface area contributed by atoms with Gasteiger partial charge in [-0.05, 0) is 36.6 Å². The summed E-state index contributed by atoms with van der Waals surface area (Å²) in [5, 5.41) is 16.7. The van der Waals surface area contributed by atoms with Gasteiger partial charge in [0.25, 0.3) is 5.91 Å². The number of aliphatic hydroxyl groups excluding tert-OH is 1. The summed E-state index contributed by atoms with van der Waals surface area (Å²) in [6.07, 6.45) is 1.75. The molecule has 1 aromatic carbocycles. The van der Waals surface area contributed by atoms with Crippen molar-refractivity contribution in [3.8, 4) is 11.3 Å². The van der Waals surface area contributed by atoms with Gasteiger partial charge in [-0.15, -0.1) is 0 Å². The number of carbonyl (C=O) groups excluding carboxylic acids is 1. The zero-order valence-electron chi connectivity index (χ0n) is 12.3. The van der Waals surface area contributed by atoms with Crippen LogP contribution in [-0.2, 0) is 0 Å². The van der Waals surface area contributed by atoms with E-state index in [1.54, 1.807) is 17.0 Å². The van der Waals surface area contributed by atoms with Gasteiger partial charge in [0, 0.05) is 18.7 Å². The molecular weight excluding hydrogens is 285 g/mol. The monoisotopic (exact) mass is 303 g/mol. The second-order valence-electron chi connectivity index (χ2n) is 5.75. The summed E-state index contributed by atoms with van der Waals surface area (Å²) in [5.41, 5.74) is 1.71. The molecule has 116 valence electrons. The van der Waals surface area contributed by atoms with Crippen molar-refractivity contribution in [2.45, 2.75) is 19.4 Å². The van der Waals surface area contributed by atoms with Crippen molar-refractivity contribution in [1.29, 1.82) is 0 Å². The van der Waals surface area contributed by atoms with E-state index in [-0.39, 0.29) is 17.6 Å². The van der Waals surface area contributed by atoms with Gasteiger partial charge in [0.15, 0.2) is 0 Å². The first kappa shape index (κ1) is 14.7. The molecule has 5 nitrogen and oxygen atoms in total. The molecule has 1 amide bonds. The molecule has 1 saturated heterocycles. The van der Waals surface area contributed by atoms with Crippen LogP contribution in [0.1, 0.15) is 23.7 Å². The van der Waals surface area contributed by atoms with Crippen LogP contribution in [0, 0.1) is 11.7 Å². The summed E-state index contributed by atoms with van der Waals surface area (Å²) in [6, 6.07) is 5.90. The van der Waals surface area contributed by atoms with Crippen molar-refractivity contribution in [3.05, 3.63) is 41.8 Å². The number of rotatable bonds is 2. The number of piperidine rings is 1. The highest BCUT2D eigenvalue weighted by Crippen LogP contribution is 2.25. The van der Waals surface area contributed by atoms with Crippen LogP contribution in [0.5, 0.6) is 0 Å². The standard InChI is InChI=1S/C16H18FN3O2/c1-10-6-7-20(9-14(10)21)16(22)13-8-18-19-15(13)11-2-4-12(17)5-3-11/h2-5,8,10,14,21H,6-7,9H2,1H3,(H,18,19). The lowest BCUT2D eigenvalue weighted by Crippen LogP contribution is -2.45. The zero-order valence-corrected chi connectivity index (χ0v) is 12.3. The Balaban J connectivity index is 1.85. The van der Waals surface area contributed by atoms with Crippen LogP contribution < -0.4 is 0 Å². The number of aromatic nitrogens is 2. The van der Waals surface area contributed by atoms with Gasteiger partial charge in [0.05, 0.1) is 23.6 Å². The molecule has 2 unspecified atom stereocenters. The fraction of sp³-hybridized carbons (Fsp3) is 0.375. The van der Waals surface area contributed by atoms with Crippen LogP contribution in [-0.4, -0.2) is 45.3 Å². The minimum atomic E-state index is -0.501. The fourth-order valence-electron chi connectivity index (χ4n) is 2.69. The summed E-state index contributed by atoms with van der Waals surface area (Å²) in [6.45, 7) is 2.92. The normalized spacial score (nSPS) is 21.9. The minimum Gasteiger partial charge on any atom is -0.391 e. The molecule has 2 N–H and O–H groups in total. The van der Waals surface area contributed by atoms with E-state index in [1.165, 1.54) is 18.3 Å². The van der Waals surface area contributed by atoms with Crippen molar-refractivity contribution in [1.82, 2.24) is 15.1 Å². The molecule has 1 aliphatic rings. The predicted octanol–water partition coefficient (Wildman–Crippen LogP) is 2.06. The fourth-order valence-corrected chi connectivity index (χ4v) is 2.69. The molecule has 0 bridgehead atoms. The van der Waals surface area contributed by atoms with Gasteiger partial charge in [0.1, 0.15) is 5.82 Å². The van der Waals surface area contributed by atoms with Crippen molar-refractivity contribution in [2.24, 2.45) is 5.92 Å². The molecule has 2 atom stereocenters. The quantitative estimate of drug-likeness (QED) is 0.892. The van der Waals surface area contributed by atoms with E-state index in [0.29, 0.717) is 29.9 Å². The SMILES string of the molecule is CC1CCN(C(=O)c2cn[nH]c2-c2ccc(F)cc2)CC1O. The first-order chi connectivity index (χ1) is 10.6. The van der Waals surface area contributed by atoms with Crippen molar-refractivity contribution < 1.29 is 14.3 Å². The molecule has 22 heavy (non-hydrogen) atoms. The molecule has 0 radical (unpaired) electrons. The van der Waals surface area contributed by atoms with E-state index in [4.69, 9.17) is 0 Å². The van der Waals surface area contributed by atoms with Crippen molar-refractivity contribution in [2.75, 3.05) is 13.1 Å². The number of benzene rings is 1. The van der Waals surface area contributed by atoms with Gasteiger partial charge in [-0.3, -0.25) is 9.89 Å². The number of hydrogen-bond acceptors (Lipinski definition) is 3. The molecule has 0 aliphatic carbocycles. The highest BCUT2D eigenvalue weighted by atomic mass is 19.1. The molecular formula is C16H18FN3O2. The Kier molecular flexibility index (Phi) is 3.94. The Bertz CT molecular complexity index is 668. The number of β-amino-alcohol motifs (C(OH)–C–C–N with tert-alkyl or cyclic N) is 1. The average Bonchev–Trinajstić information content (AvgIpc) is 2.99. The average molecular weight is 303 g/mol. The van der Waals surface area contributed by atoms with Gasteiger partial charge in [-0.1, -0.05) is 6.92 Å². The third kappa shape index (κ3) is 2.74. The van der Waals surface area contributed by atoms with Crippen molar-refractivity contribution >= 4 is 5.91 Å². The molecule has 1 aromatic heterocycles. The second kappa shape index (κ2) is 5.88. The summed E-state index contributed by atoms with van der Waals surface area (Å²) in [5.74, 6) is -0.298. The number of aliphatic hydroxyl groups is 1. The number of likely N-dealkylation sites (tertiary alicyclic amines) is 1. The molecule has 0 spiro atoms. The predicted molar refractivity (Wildman–Crippen MR) is 79.7 cm³/mol. The first-order valence-electron chi connectivity index (χ1n) is 7.33. The maximum atomic E-state index is 13.0. The van der Waals surface area contributed by atoms with E-state index in [0.717, 1.165) is 6.42 Å². The van der Waals surface area contributed by atoms with Crippen LogP contribution in [0.25, 0.3) is 11.3 Å². The van der Waals surface area contributed by atoms with Crippen LogP contribution in [0.4, 0.5) is 4.39 Å². The molecule has 0 saturated carbocycles. The molecule has 2 heterocycles. The van der Waals surface area contributed by atoms with Gasteiger partial charge in [-0.25, -0.2) is 4.39 Å². The molecule has 6 heteroatoms. The Morgan fingerprint density at radius 3 is 2.82 bits per heavy atom. The van der Waals surface area contributed by atoms with E-state index < -0.39 is 6.10 Å². The summed E-state index contributed by atoms with van der Waals surface area (Å²) < 4.78 is 13.0. The number of aromatic amines is 1. The summed E-state index contributed by atoms with van der Waals surface area (Å²) in [7, 11) is 0. The Morgan fingerprint density at radius 2 is 2.14 bits per heavy atom. The highest BCUT2D eigenvalue weighted by molar-refractivity contribution is 5.99. The molecule has 2 aromatic rings. The maximum absolute atomic E-state index is 13.0. The first-order valence-corrected chi connectivity index (χ1v) is 7.33. The third-order valence-electron chi connectivity index (χ3n) is 4.21. The number of carbonyl (C=O) groups is 1. The lowest BCUT2D eigenvalue weighted by atomic mass is 9.95. The van der Waals surface area contributed by atoms with E-state index in [9.17, 15) is 14.3 Å². The number of nitrogens with zero attached hydrogens (tertiary/aromatic N) is 2. The van der Waals surface area contributed by atoms with Crippen molar-refractivity contribution in [3.63, 3.8) is 0 Å². The second-order valence-corrected chi connectivity index (χ2v) is 5.75. The van der Waals surface area contributed by atoms with Crippen LogP contribution in [0.3, 0.4) is 0 Å². The Labute approximate surface area is 127 Å². The van der Waals surface area contributed by atoms with Gasteiger partial charge >= 0.3 is 0 Å². The molecule has 1 aliphatic heterocycles. The number of H-pyrrole nitrogens is 1. The number of halogens is 1.